The van der Waals surface area contributed by atoms with Crippen molar-refractivity contribution in [2.24, 2.45) is 0 Å². The summed E-state index contributed by atoms with van der Waals surface area (Å²) < 4.78 is 5.94. The third-order valence-corrected chi connectivity index (χ3v) is 4.33. The third kappa shape index (κ3) is 4.72. The van der Waals surface area contributed by atoms with Gasteiger partial charge in [-0.2, -0.15) is 0 Å². The Hall–Kier alpha value is -1.06. The maximum atomic E-state index is 5.94. The molecule has 21 heavy (non-hydrogen) atoms. The van der Waals surface area contributed by atoms with Crippen LogP contribution in [0.3, 0.4) is 0 Å². The smallest absolute Gasteiger partial charge is 0.0702 e. The van der Waals surface area contributed by atoms with Crippen LogP contribution in [0, 0.1) is 0 Å². The van der Waals surface area contributed by atoms with Crippen molar-refractivity contribution in [1.29, 1.82) is 0 Å². The van der Waals surface area contributed by atoms with E-state index < -0.39 is 0 Å². The van der Waals surface area contributed by atoms with Crippen LogP contribution >= 0.6 is 0 Å². The van der Waals surface area contributed by atoms with E-state index in [-0.39, 0.29) is 5.41 Å². The van der Waals surface area contributed by atoms with Gasteiger partial charge in [0.1, 0.15) is 0 Å². The fraction of sp³-hybridized carbons (Fsp3) is 0.667. The summed E-state index contributed by atoms with van der Waals surface area (Å²) in [4.78, 5) is 2.56. The van der Waals surface area contributed by atoms with Crippen LogP contribution in [0.25, 0.3) is 0 Å². The highest BCUT2D eigenvalue weighted by molar-refractivity contribution is 5.41. The van der Waals surface area contributed by atoms with Crippen molar-refractivity contribution in [1.82, 2.24) is 4.90 Å². The first-order valence-corrected chi connectivity index (χ1v) is 8.21. The Kier molecular flexibility index (Phi) is 5.65. The summed E-state index contributed by atoms with van der Waals surface area (Å²) in [7, 11) is 0. The lowest BCUT2D eigenvalue weighted by atomic mass is 9.83. The minimum atomic E-state index is 0.139. The number of likely N-dealkylation sites (tertiary alicyclic amines) is 1. The lowest BCUT2D eigenvalue weighted by molar-refractivity contribution is -0.00444. The van der Waals surface area contributed by atoms with Gasteiger partial charge < -0.3 is 10.5 Å². The van der Waals surface area contributed by atoms with Crippen LogP contribution in [0.2, 0.25) is 0 Å². The summed E-state index contributed by atoms with van der Waals surface area (Å²) in [5, 5.41) is 0. The normalized spacial score (nSPS) is 20.6. The second-order valence-electron chi connectivity index (χ2n) is 6.88. The molecular formula is C18H30N2O. The molecule has 0 saturated carbocycles. The fourth-order valence-corrected chi connectivity index (χ4v) is 3.16. The summed E-state index contributed by atoms with van der Waals surface area (Å²) in [6.07, 6.45) is 3.97. The van der Waals surface area contributed by atoms with Gasteiger partial charge in [-0.15, -0.1) is 0 Å². The van der Waals surface area contributed by atoms with E-state index in [4.69, 9.17) is 10.5 Å². The van der Waals surface area contributed by atoms with Gasteiger partial charge in [0.05, 0.1) is 6.10 Å². The number of benzene rings is 1. The van der Waals surface area contributed by atoms with Crippen molar-refractivity contribution in [3.05, 3.63) is 29.8 Å². The average molecular weight is 290 g/mol. The first kappa shape index (κ1) is 16.3. The molecule has 2 rings (SSSR count). The van der Waals surface area contributed by atoms with Crippen LogP contribution in [0.15, 0.2) is 24.3 Å². The molecule has 0 spiro atoms. The molecule has 1 aliphatic rings. The van der Waals surface area contributed by atoms with Gasteiger partial charge in [0.15, 0.2) is 0 Å². The van der Waals surface area contributed by atoms with Gasteiger partial charge in [0.2, 0.25) is 0 Å². The zero-order valence-electron chi connectivity index (χ0n) is 13.8. The van der Waals surface area contributed by atoms with E-state index in [1.54, 1.807) is 0 Å². The first-order chi connectivity index (χ1) is 10.0. The first-order valence-electron chi connectivity index (χ1n) is 8.21. The quantitative estimate of drug-likeness (QED) is 0.816. The Labute approximate surface area is 129 Å². The van der Waals surface area contributed by atoms with E-state index in [0.717, 1.165) is 31.8 Å². The number of ether oxygens (including phenoxy) is 1. The van der Waals surface area contributed by atoms with Crippen molar-refractivity contribution < 1.29 is 4.74 Å². The molecular weight excluding hydrogens is 260 g/mol. The number of hydrogen-bond acceptors (Lipinski definition) is 3. The van der Waals surface area contributed by atoms with E-state index >= 15 is 0 Å². The summed E-state index contributed by atoms with van der Waals surface area (Å²) >= 11 is 0. The van der Waals surface area contributed by atoms with E-state index in [0.29, 0.717) is 6.10 Å². The summed E-state index contributed by atoms with van der Waals surface area (Å²) in [6, 6.07) is 8.32. The molecule has 1 aromatic rings. The van der Waals surface area contributed by atoms with Crippen LogP contribution in [0.4, 0.5) is 5.69 Å². The molecule has 3 heteroatoms. The zero-order chi connectivity index (χ0) is 15.3. The Bertz CT molecular complexity index is 427. The van der Waals surface area contributed by atoms with Gasteiger partial charge in [-0.3, -0.25) is 4.90 Å². The SMILES string of the molecule is CCCOC1CCCN(CC(C)(C)c2ccc(N)cc2)C1. The predicted molar refractivity (Wildman–Crippen MR) is 89.6 cm³/mol. The van der Waals surface area contributed by atoms with Crippen molar-refractivity contribution in [3.8, 4) is 0 Å². The van der Waals surface area contributed by atoms with Gasteiger partial charge in [-0.25, -0.2) is 0 Å². The number of nitrogen functional groups attached to an aromatic ring is 1. The molecule has 1 unspecified atom stereocenters. The number of hydrogen-bond donors (Lipinski definition) is 1. The molecule has 1 fully saturated rings. The third-order valence-electron chi connectivity index (χ3n) is 4.33. The topological polar surface area (TPSA) is 38.5 Å². The summed E-state index contributed by atoms with van der Waals surface area (Å²) in [5.41, 5.74) is 8.12. The van der Waals surface area contributed by atoms with Crippen molar-refractivity contribution in [2.75, 3.05) is 32.0 Å². The van der Waals surface area contributed by atoms with Gasteiger partial charge in [-0.1, -0.05) is 32.9 Å². The average Bonchev–Trinajstić information content (AvgIpc) is 2.45. The van der Waals surface area contributed by atoms with E-state index in [9.17, 15) is 0 Å². The number of nitrogens with zero attached hydrogens (tertiary/aromatic N) is 1. The van der Waals surface area contributed by atoms with Crippen molar-refractivity contribution in [2.45, 2.75) is 51.6 Å². The molecule has 2 N–H and O–H groups in total. The highest BCUT2D eigenvalue weighted by Crippen LogP contribution is 2.27. The second-order valence-corrected chi connectivity index (χ2v) is 6.88. The molecule has 0 amide bonds. The molecule has 1 aromatic carbocycles. The second kappa shape index (κ2) is 7.28. The van der Waals surface area contributed by atoms with E-state index in [1.165, 1.54) is 24.9 Å². The zero-order valence-corrected chi connectivity index (χ0v) is 13.8. The van der Waals surface area contributed by atoms with Crippen molar-refractivity contribution >= 4 is 5.69 Å². The van der Waals surface area contributed by atoms with E-state index in [1.807, 2.05) is 12.1 Å². The number of nitrogens with two attached hydrogens (primary N) is 1. The maximum Gasteiger partial charge on any atom is 0.0702 e. The molecule has 0 aliphatic carbocycles. The van der Waals surface area contributed by atoms with Crippen LogP contribution in [-0.4, -0.2) is 37.2 Å². The van der Waals surface area contributed by atoms with Gasteiger partial charge in [0.25, 0.3) is 0 Å². The summed E-state index contributed by atoms with van der Waals surface area (Å²) in [6.45, 7) is 11.0. The van der Waals surface area contributed by atoms with Crippen LogP contribution in [0.5, 0.6) is 0 Å². The number of rotatable bonds is 6. The standard InChI is InChI=1S/C18H30N2O/c1-4-12-21-17-6-5-11-20(13-17)14-18(2,3)15-7-9-16(19)10-8-15/h7-10,17H,4-6,11-14,19H2,1-3H3. The Balaban J connectivity index is 1.94. The number of piperidine rings is 1. The minimum Gasteiger partial charge on any atom is -0.399 e. The van der Waals surface area contributed by atoms with E-state index in [2.05, 4.69) is 37.8 Å². The van der Waals surface area contributed by atoms with Crippen LogP contribution < -0.4 is 5.73 Å². The molecule has 1 saturated heterocycles. The lowest BCUT2D eigenvalue weighted by Crippen LogP contribution is -2.45. The van der Waals surface area contributed by atoms with Crippen LogP contribution in [0.1, 0.15) is 45.6 Å². The Morgan fingerprint density at radius 3 is 2.67 bits per heavy atom. The maximum absolute atomic E-state index is 5.94. The van der Waals surface area contributed by atoms with Crippen molar-refractivity contribution in [3.63, 3.8) is 0 Å². The Morgan fingerprint density at radius 2 is 2.00 bits per heavy atom. The predicted octanol–water partition coefficient (Wildman–Crippen LogP) is 3.44. The Morgan fingerprint density at radius 1 is 1.29 bits per heavy atom. The largest absolute Gasteiger partial charge is 0.399 e. The highest BCUT2D eigenvalue weighted by atomic mass is 16.5. The fourth-order valence-electron chi connectivity index (χ4n) is 3.16. The monoisotopic (exact) mass is 290 g/mol. The van der Waals surface area contributed by atoms with Crippen LogP contribution in [-0.2, 0) is 10.2 Å². The number of anilines is 1. The summed E-state index contributed by atoms with van der Waals surface area (Å²) in [5.74, 6) is 0. The molecule has 1 aliphatic heterocycles. The molecule has 1 heterocycles. The van der Waals surface area contributed by atoms with Gasteiger partial charge in [-0.05, 0) is 43.5 Å². The molecule has 3 nitrogen and oxygen atoms in total. The van der Waals surface area contributed by atoms with Gasteiger partial charge in [0, 0.05) is 30.8 Å². The molecule has 0 radical (unpaired) electrons. The highest BCUT2D eigenvalue weighted by Gasteiger charge is 2.27. The molecule has 0 aromatic heterocycles. The molecule has 118 valence electrons. The molecule has 1 atom stereocenters. The molecule has 0 bridgehead atoms. The minimum absolute atomic E-state index is 0.139. The van der Waals surface area contributed by atoms with Gasteiger partial charge >= 0.3 is 0 Å². The lowest BCUT2D eigenvalue weighted by Gasteiger charge is -2.38.